The summed E-state index contributed by atoms with van der Waals surface area (Å²) in [6, 6.07) is 28.7. The molecule has 5 unspecified atom stereocenters. The summed E-state index contributed by atoms with van der Waals surface area (Å²) < 4.78 is 0. The van der Waals surface area contributed by atoms with E-state index in [1.165, 1.54) is 5.56 Å². The fraction of sp³-hybridized carbons (Fsp3) is 0.267. The average Bonchev–Trinajstić information content (AvgIpc) is 2.88. The van der Waals surface area contributed by atoms with Gasteiger partial charge in [0, 0.05) is 27.7 Å². The van der Waals surface area contributed by atoms with E-state index in [4.69, 9.17) is 28.2 Å². The molecule has 3 aromatic carbocycles. The molecule has 5 heteroatoms. The molecular formula is C30H26Cl2N2O. The molecule has 0 bridgehead atoms. The van der Waals surface area contributed by atoms with Crippen LogP contribution in [0.1, 0.15) is 42.4 Å². The number of amides is 1. The molecule has 3 nitrogen and oxygen atoms in total. The van der Waals surface area contributed by atoms with E-state index in [1.807, 2.05) is 42.5 Å². The van der Waals surface area contributed by atoms with Gasteiger partial charge in [-0.3, -0.25) is 9.78 Å². The van der Waals surface area contributed by atoms with E-state index in [0.29, 0.717) is 5.02 Å². The molecule has 0 spiro atoms. The van der Waals surface area contributed by atoms with Crippen molar-refractivity contribution in [2.45, 2.75) is 42.5 Å². The predicted molar refractivity (Wildman–Crippen MR) is 143 cm³/mol. The van der Waals surface area contributed by atoms with Gasteiger partial charge in [-0.05, 0) is 66.1 Å². The molecule has 6 rings (SSSR count). The molecule has 176 valence electrons. The minimum Gasteiger partial charge on any atom is -0.352 e. The molecule has 2 aliphatic rings. The molecule has 0 radical (unpaired) electrons. The minimum atomic E-state index is -0.400. The normalized spacial score (nSPS) is 26.2. The van der Waals surface area contributed by atoms with Crippen molar-refractivity contribution in [1.82, 2.24) is 10.3 Å². The summed E-state index contributed by atoms with van der Waals surface area (Å²) >= 11 is 13.1. The summed E-state index contributed by atoms with van der Waals surface area (Å²) in [5.74, 6) is -0.0762. The number of hydrogen-bond acceptors (Lipinski definition) is 2. The van der Waals surface area contributed by atoms with Crippen LogP contribution >= 0.6 is 23.2 Å². The number of halogens is 2. The van der Waals surface area contributed by atoms with Gasteiger partial charge in [0.05, 0.1) is 17.1 Å². The summed E-state index contributed by atoms with van der Waals surface area (Å²) in [6.45, 7) is 0. The molecular weight excluding hydrogens is 475 g/mol. The number of nitrogens with one attached hydrogen (secondary N) is 1. The molecule has 4 aromatic rings. The van der Waals surface area contributed by atoms with Crippen molar-refractivity contribution >= 4 is 40.0 Å². The van der Waals surface area contributed by atoms with Crippen molar-refractivity contribution in [2.75, 3.05) is 0 Å². The third-order valence-corrected chi connectivity index (χ3v) is 8.28. The lowest BCUT2D eigenvalue weighted by molar-refractivity contribution is -0.127. The fourth-order valence-electron chi connectivity index (χ4n) is 6.08. The molecule has 1 aromatic heterocycles. The summed E-state index contributed by atoms with van der Waals surface area (Å²) in [4.78, 5) is 18.8. The summed E-state index contributed by atoms with van der Waals surface area (Å²) in [5.41, 5.74) is 4.92. The highest BCUT2D eigenvalue weighted by Gasteiger charge is 2.48. The van der Waals surface area contributed by atoms with Crippen molar-refractivity contribution in [3.05, 3.63) is 101 Å². The van der Waals surface area contributed by atoms with Crippen molar-refractivity contribution in [2.24, 2.45) is 5.92 Å². The van der Waals surface area contributed by atoms with Gasteiger partial charge in [-0.1, -0.05) is 72.3 Å². The minimum absolute atomic E-state index is 0.0115. The Labute approximate surface area is 215 Å². The molecule has 1 aliphatic carbocycles. The molecule has 1 saturated heterocycles. The van der Waals surface area contributed by atoms with Crippen LogP contribution in [0.3, 0.4) is 0 Å². The van der Waals surface area contributed by atoms with Gasteiger partial charge >= 0.3 is 0 Å². The highest BCUT2D eigenvalue weighted by Crippen LogP contribution is 2.49. The van der Waals surface area contributed by atoms with Crippen LogP contribution in [0.25, 0.3) is 22.0 Å². The smallest absolute Gasteiger partial charge is 0.230 e. The Hall–Kier alpha value is -2.88. The van der Waals surface area contributed by atoms with E-state index in [1.54, 1.807) is 0 Å². The number of benzene rings is 3. The first-order chi connectivity index (χ1) is 17.1. The average molecular weight is 501 g/mol. The van der Waals surface area contributed by atoms with Gasteiger partial charge in [-0.15, -0.1) is 11.6 Å². The van der Waals surface area contributed by atoms with Crippen LogP contribution in [0.2, 0.25) is 5.02 Å². The van der Waals surface area contributed by atoms with Crippen molar-refractivity contribution in [1.29, 1.82) is 0 Å². The van der Waals surface area contributed by atoms with Gasteiger partial charge in [0.2, 0.25) is 5.91 Å². The number of hydrogen-bond donors (Lipinski definition) is 1. The van der Waals surface area contributed by atoms with Gasteiger partial charge < -0.3 is 5.32 Å². The van der Waals surface area contributed by atoms with E-state index in [0.717, 1.165) is 47.0 Å². The van der Waals surface area contributed by atoms with E-state index >= 15 is 0 Å². The first-order valence-corrected chi connectivity index (χ1v) is 13.0. The maximum absolute atomic E-state index is 13.7. The van der Waals surface area contributed by atoms with Crippen molar-refractivity contribution < 1.29 is 4.79 Å². The summed E-state index contributed by atoms with van der Waals surface area (Å²) in [5, 5.41) is 5.12. The summed E-state index contributed by atoms with van der Waals surface area (Å²) in [7, 11) is 0. The van der Waals surface area contributed by atoms with Crippen LogP contribution in [0.15, 0.2) is 84.9 Å². The Balaban J connectivity index is 1.55. The van der Waals surface area contributed by atoms with E-state index in [2.05, 4.69) is 47.8 Å². The number of rotatable bonds is 3. The second kappa shape index (κ2) is 9.29. The Morgan fingerprint density at radius 1 is 0.886 bits per heavy atom. The molecule has 1 aliphatic heterocycles. The zero-order valence-electron chi connectivity index (χ0n) is 19.2. The first kappa shape index (κ1) is 22.6. The number of aromatic nitrogens is 1. The first-order valence-electron chi connectivity index (χ1n) is 12.2. The number of piperidine rings is 1. The Bertz CT molecular complexity index is 1380. The molecule has 1 saturated carbocycles. The van der Waals surface area contributed by atoms with Crippen LogP contribution in [0.4, 0.5) is 0 Å². The molecule has 1 amide bonds. The molecule has 2 heterocycles. The number of carbonyl (C=O) groups is 1. The monoisotopic (exact) mass is 500 g/mol. The lowest BCUT2D eigenvalue weighted by Crippen LogP contribution is -2.54. The van der Waals surface area contributed by atoms with Crippen molar-refractivity contribution in [3.63, 3.8) is 0 Å². The standard InChI is InChI=1S/C30H26Cl2N2O/c31-20-11-13-25-23(15-20)22(18-7-3-1-4-8-18)17-27(33-25)29-28(19-9-5-2-6-10-19)24-16-21(32)12-14-26(24)34-30(29)35/h1-11,13,15,17,21,24,26,28-29H,12,14,16H2,(H,34,35). The van der Waals surface area contributed by atoms with Crippen molar-refractivity contribution in [3.8, 4) is 11.1 Å². The number of pyridine rings is 1. The number of fused-ring (bicyclic) bond motifs is 2. The molecule has 35 heavy (non-hydrogen) atoms. The lowest BCUT2D eigenvalue weighted by atomic mass is 9.64. The third-order valence-electron chi connectivity index (χ3n) is 7.64. The van der Waals surface area contributed by atoms with Crippen LogP contribution in [-0.2, 0) is 4.79 Å². The Morgan fingerprint density at radius 3 is 2.40 bits per heavy atom. The fourth-order valence-corrected chi connectivity index (χ4v) is 6.58. The Morgan fingerprint density at radius 2 is 1.63 bits per heavy atom. The quantitative estimate of drug-likeness (QED) is 0.299. The largest absolute Gasteiger partial charge is 0.352 e. The zero-order chi connectivity index (χ0) is 23.9. The molecule has 1 N–H and O–H groups in total. The van der Waals surface area contributed by atoms with E-state index < -0.39 is 5.92 Å². The third kappa shape index (κ3) is 4.22. The van der Waals surface area contributed by atoms with Crippen LogP contribution in [0, 0.1) is 5.92 Å². The maximum Gasteiger partial charge on any atom is 0.230 e. The SMILES string of the molecule is O=C1NC2CCC(Cl)CC2C(c2ccccc2)C1c1cc(-c2ccccc2)c2cc(Cl)ccc2n1. The highest BCUT2D eigenvalue weighted by molar-refractivity contribution is 6.31. The van der Waals surface area contributed by atoms with Crippen LogP contribution in [-0.4, -0.2) is 22.3 Å². The number of alkyl halides is 1. The predicted octanol–water partition coefficient (Wildman–Crippen LogP) is 7.33. The second-order valence-corrected chi connectivity index (χ2v) is 10.8. The number of carbonyl (C=O) groups excluding carboxylic acids is 1. The van der Waals surface area contributed by atoms with Gasteiger partial charge in [-0.2, -0.15) is 0 Å². The van der Waals surface area contributed by atoms with Gasteiger partial charge in [0.1, 0.15) is 0 Å². The molecule has 2 fully saturated rings. The van der Waals surface area contributed by atoms with Gasteiger partial charge in [0.25, 0.3) is 0 Å². The maximum atomic E-state index is 13.7. The van der Waals surface area contributed by atoms with Gasteiger partial charge in [0.15, 0.2) is 0 Å². The molecule has 5 atom stereocenters. The van der Waals surface area contributed by atoms with E-state index in [-0.39, 0.29) is 29.2 Å². The number of nitrogens with zero attached hydrogens (tertiary/aromatic N) is 1. The van der Waals surface area contributed by atoms with Crippen LogP contribution in [0.5, 0.6) is 0 Å². The second-order valence-electron chi connectivity index (χ2n) is 9.73. The highest BCUT2D eigenvalue weighted by atomic mass is 35.5. The summed E-state index contributed by atoms with van der Waals surface area (Å²) in [6.07, 6.45) is 2.74. The lowest BCUT2D eigenvalue weighted by Gasteiger charge is -2.46. The zero-order valence-corrected chi connectivity index (χ0v) is 20.7. The van der Waals surface area contributed by atoms with Gasteiger partial charge in [-0.25, -0.2) is 0 Å². The Kier molecular flexibility index (Phi) is 5.99. The van der Waals surface area contributed by atoms with E-state index in [9.17, 15) is 4.79 Å². The van der Waals surface area contributed by atoms with Crippen LogP contribution < -0.4 is 5.32 Å². The topological polar surface area (TPSA) is 42.0 Å².